The lowest BCUT2D eigenvalue weighted by Crippen LogP contribution is -2.00. The minimum atomic E-state index is -0.853. The molecule has 31 heavy (non-hydrogen) atoms. The summed E-state index contributed by atoms with van der Waals surface area (Å²) in [5.74, 6) is 0.525. The average molecular weight is 411 g/mol. The smallest absolute Gasteiger partial charge is 0.307 e. The molecule has 0 bridgehead atoms. The van der Waals surface area contributed by atoms with Gasteiger partial charge in [-0.25, -0.2) is 9.97 Å². The molecule has 2 N–H and O–H groups in total. The van der Waals surface area contributed by atoms with Gasteiger partial charge in [0, 0.05) is 17.3 Å². The Balaban J connectivity index is 1.51. The number of anilines is 2. The number of rotatable bonds is 8. The van der Waals surface area contributed by atoms with E-state index in [1.54, 1.807) is 12.1 Å². The van der Waals surface area contributed by atoms with Crippen LogP contribution in [0.2, 0.25) is 0 Å². The van der Waals surface area contributed by atoms with Crippen LogP contribution in [0.15, 0.2) is 91.3 Å². The van der Waals surface area contributed by atoms with Gasteiger partial charge < -0.3 is 15.2 Å². The second-order valence-corrected chi connectivity index (χ2v) is 6.95. The number of benzene rings is 3. The Morgan fingerprint density at radius 1 is 0.871 bits per heavy atom. The van der Waals surface area contributed by atoms with Crippen LogP contribution in [0.25, 0.3) is 11.3 Å². The van der Waals surface area contributed by atoms with E-state index in [-0.39, 0.29) is 6.42 Å². The monoisotopic (exact) mass is 411 g/mol. The zero-order valence-corrected chi connectivity index (χ0v) is 16.7. The standard InChI is InChI=1S/C25H21N3O3/c29-25(30)14-18-10-12-20(13-11-18)28-24-15-22(26-17-27-24)21-8-4-5-9-23(21)31-16-19-6-2-1-3-7-19/h1-13,15,17H,14,16H2,(H,29,30)(H,26,27,28). The molecule has 0 amide bonds. The van der Waals surface area contributed by atoms with E-state index in [1.807, 2.05) is 72.8 Å². The van der Waals surface area contributed by atoms with E-state index >= 15 is 0 Å². The highest BCUT2D eigenvalue weighted by Crippen LogP contribution is 2.30. The normalized spacial score (nSPS) is 10.5. The summed E-state index contributed by atoms with van der Waals surface area (Å²) in [6.07, 6.45) is 1.50. The molecule has 0 saturated heterocycles. The Morgan fingerprint density at radius 2 is 1.61 bits per heavy atom. The number of ether oxygens (including phenoxy) is 1. The minimum absolute atomic E-state index is 0.00228. The molecule has 0 atom stereocenters. The predicted octanol–water partition coefficient (Wildman–Crippen LogP) is 5.09. The lowest BCUT2D eigenvalue weighted by molar-refractivity contribution is -0.136. The molecule has 1 heterocycles. The molecule has 0 saturated carbocycles. The van der Waals surface area contributed by atoms with E-state index in [4.69, 9.17) is 9.84 Å². The molecule has 3 aromatic carbocycles. The highest BCUT2D eigenvalue weighted by molar-refractivity contribution is 5.72. The van der Waals surface area contributed by atoms with E-state index in [0.717, 1.165) is 33.8 Å². The van der Waals surface area contributed by atoms with Crippen LogP contribution in [0, 0.1) is 0 Å². The van der Waals surface area contributed by atoms with Gasteiger partial charge in [-0.05, 0) is 35.4 Å². The summed E-state index contributed by atoms with van der Waals surface area (Å²) in [5.41, 5.74) is 4.26. The molecule has 154 valence electrons. The fourth-order valence-corrected chi connectivity index (χ4v) is 3.14. The third-order valence-corrected chi connectivity index (χ3v) is 4.65. The van der Waals surface area contributed by atoms with Gasteiger partial charge in [-0.2, -0.15) is 0 Å². The number of carbonyl (C=O) groups is 1. The van der Waals surface area contributed by atoms with Crippen molar-refractivity contribution < 1.29 is 14.6 Å². The first-order valence-corrected chi connectivity index (χ1v) is 9.83. The third kappa shape index (κ3) is 5.45. The molecule has 0 unspecified atom stereocenters. The number of aliphatic carboxylic acids is 1. The van der Waals surface area contributed by atoms with E-state index < -0.39 is 5.97 Å². The zero-order chi connectivity index (χ0) is 21.5. The largest absolute Gasteiger partial charge is 0.488 e. The molecule has 4 rings (SSSR count). The summed E-state index contributed by atoms with van der Waals surface area (Å²) < 4.78 is 6.05. The van der Waals surface area contributed by atoms with Gasteiger partial charge in [-0.15, -0.1) is 0 Å². The van der Waals surface area contributed by atoms with Gasteiger partial charge in [0.15, 0.2) is 0 Å². The Labute approximate surface area is 180 Å². The number of nitrogens with one attached hydrogen (secondary N) is 1. The lowest BCUT2D eigenvalue weighted by atomic mass is 10.1. The minimum Gasteiger partial charge on any atom is -0.488 e. The maximum Gasteiger partial charge on any atom is 0.307 e. The van der Waals surface area contributed by atoms with E-state index in [2.05, 4.69) is 15.3 Å². The van der Waals surface area contributed by atoms with Gasteiger partial charge in [0.1, 0.15) is 24.5 Å². The van der Waals surface area contributed by atoms with Crippen LogP contribution in [0.1, 0.15) is 11.1 Å². The van der Waals surface area contributed by atoms with E-state index in [0.29, 0.717) is 12.4 Å². The van der Waals surface area contributed by atoms with Crippen LogP contribution in [0.5, 0.6) is 5.75 Å². The molecule has 0 spiro atoms. The van der Waals surface area contributed by atoms with Gasteiger partial charge in [0.25, 0.3) is 0 Å². The van der Waals surface area contributed by atoms with Crippen molar-refractivity contribution in [3.63, 3.8) is 0 Å². The van der Waals surface area contributed by atoms with Crippen molar-refractivity contribution in [2.24, 2.45) is 0 Å². The quantitative estimate of drug-likeness (QED) is 0.420. The second-order valence-electron chi connectivity index (χ2n) is 6.95. The topological polar surface area (TPSA) is 84.3 Å². The molecule has 0 fully saturated rings. The third-order valence-electron chi connectivity index (χ3n) is 4.65. The van der Waals surface area contributed by atoms with Crippen LogP contribution in [0.4, 0.5) is 11.5 Å². The van der Waals surface area contributed by atoms with Gasteiger partial charge in [0.2, 0.25) is 0 Å². The fraction of sp³-hybridized carbons (Fsp3) is 0.0800. The van der Waals surface area contributed by atoms with Gasteiger partial charge in [-0.3, -0.25) is 4.79 Å². The molecule has 4 aromatic rings. The average Bonchev–Trinajstić information content (AvgIpc) is 2.80. The number of aromatic nitrogens is 2. The number of nitrogens with zero attached hydrogens (tertiary/aromatic N) is 2. The maximum atomic E-state index is 10.8. The second kappa shape index (κ2) is 9.54. The summed E-state index contributed by atoms with van der Waals surface area (Å²) in [7, 11) is 0. The fourth-order valence-electron chi connectivity index (χ4n) is 3.14. The van der Waals surface area contributed by atoms with Crippen LogP contribution in [0.3, 0.4) is 0 Å². The Morgan fingerprint density at radius 3 is 2.39 bits per heavy atom. The lowest BCUT2D eigenvalue weighted by Gasteiger charge is -2.12. The van der Waals surface area contributed by atoms with Crippen molar-refractivity contribution in [3.8, 4) is 17.0 Å². The number of hydrogen-bond acceptors (Lipinski definition) is 5. The number of carboxylic acid groups (broad SMARTS) is 1. The van der Waals surface area contributed by atoms with Gasteiger partial charge in [-0.1, -0.05) is 54.6 Å². The molecule has 6 nitrogen and oxygen atoms in total. The van der Waals surface area contributed by atoms with Gasteiger partial charge in [0.05, 0.1) is 12.1 Å². The summed E-state index contributed by atoms with van der Waals surface area (Å²) in [6.45, 7) is 0.469. The van der Waals surface area contributed by atoms with Crippen LogP contribution >= 0.6 is 0 Å². The molecular weight excluding hydrogens is 390 g/mol. The molecular formula is C25H21N3O3. The first-order valence-electron chi connectivity index (χ1n) is 9.83. The summed E-state index contributed by atoms with van der Waals surface area (Å²) in [4.78, 5) is 19.5. The zero-order valence-electron chi connectivity index (χ0n) is 16.7. The maximum absolute atomic E-state index is 10.8. The molecule has 0 aliphatic rings. The summed E-state index contributed by atoms with van der Waals surface area (Å²) in [6, 6.07) is 26.9. The SMILES string of the molecule is O=C(O)Cc1ccc(Nc2cc(-c3ccccc3OCc3ccccc3)ncn2)cc1. The molecule has 0 aliphatic carbocycles. The van der Waals surface area contributed by atoms with E-state index in [9.17, 15) is 4.79 Å². The number of para-hydroxylation sites is 1. The van der Waals surface area contributed by atoms with Gasteiger partial charge >= 0.3 is 5.97 Å². The first-order chi connectivity index (χ1) is 15.2. The predicted molar refractivity (Wildman–Crippen MR) is 119 cm³/mol. The highest BCUT2D eigenvalue weighted by atomic mass is 16.5. The van der Waals surface area contributed by atoms with Crippen LogP contribution in [-0.2, 0) is 17.8 Å². The number of carboxylic acids is 1. The molecule has 6 heteroatoms. The molecule has 0 aliphatic heterocycles. The van der Waals surface area contributed by atoms with Crippen molar-refractivity contribution in [1.29, 1.82) is 0 Å². The van der Waals surface area contributed by atoms with Crippen LogP contribution < -0.4 is 10.1 Å². The molecule has 1 aromatic heterocycles. The Kier molecular flexibility index (Phi) is 6.18. The Hall–Kier alpha value is -4.19. The summed E-state index contributed by atoms with van der Waals surface area (Å²) >= 11 is 0. The first kappa shape index (κ1) is 20.1. The van der Waals surface area contributed by atoms with Crippen molar-refractivity contribution in [3.05, 3.63) is 102 Å². The highest BCUT2D eigenvalue weighted by Gasteiger charge is 2.09. The van der Waals surface area contributed by atoms with Crippen LogP contribution in [-0.4, -0.2) is 21.0 Å². The molecule has 0 radical (unpaired) electrons. The summed E-state index contributed by atoms with van der Waals surface area (Å²) in [5, 5.41) is 12.1. The number of hydrogen-bond donors (Lipinski definition) is 2. The Bertz CT molecular complexity index is 1160. The van der Waals surface area contributed by atoms with Crippen molar-refractivity contribution in [2.75, 3.05) is 5.32 Å². The van der Waals surface area contributed by atoms with E-state index in [1.165, 1.54) is 6.33 Å². The van der Waals surface area contributed by atoms with Crippen molar-refractivity contribution in [2.45, 2.75) is 13.0 Å². The van der Waals surface area contributed by atoms with Crippen molar-refractivity contribution >= 4 is 17.5 Å². The van der Waals surface area contributed by atoms with Crippen molar-refractivity contribution in [1.82, 2.24) is 9.97 Å².